The van der Waals surface area contributed by atoms with Gasteiger partial charge in [0, 0.05) is 34.2 Å². The van der Waals surface area contributed by atoms with Crippen LogP contribution in [0.4, 0.5) is 5.69 Å². The normalized spacial score (nSPS) is 11.9. The van der Waals surface area contributed by atoms with Gasteiger partial charge in [0.1, 0.15) is 18.3 Å². The topological polar surface area (TPSA) is 96.0 Å². The molecule has 0 heterocycles. The number of nitrogens with zero attached hydrogens (tertiary/aromatic N) is 2. The van der Waals surface area contributed by atoms with E-state index in [1.54, 1.807) is 37.3 Å². The van der Waals surface area contributed by atoms with E-state index in [4.69, 9.17) is 39.5 Å². The molecule has 208 valence electrons. The van der Waals surface area contributed by atoms with Gasteiger partial charge in [-0.05, 0) is 61.0 Å². The third-order valence-corrected chi connectivity index (χ3v) is 8.78. The number of rotatable bonds is 11. The van der Waals surface area contributed by atoms with E-state index in [1.807, 2.05) is 0 Å². The maximum atomic E-state index is 13.9. The summed E-state index contributed by atoms with van der Waals surface area (Å²) in [5, 5.41) is 3.47. The van der Waals surface area contributed by atoms with Crippen LogP contribution in [0, 0.1) is 0 Å². The van der Waals surface area contributed by atoms with Crippen LogP contribution in [0.25, 0.3) is 0 Å². The smallest absolute Gasteiger partial charge is 0.264 e. The minimum atomic E-state index is -4.25. The van der Waals surface area contributed by atoms with Crippen LogP contribution >= 0.6 is 34.8 Å². The lowest BCUT2D eigenvalue weighted by atomic mass is 10.1. The highest BCUT2D eigenvalue weighted by Crippen LogP contribution is 2.30. The lowest BCUT2D eigenvalue weighted by molar-refractivity contribution is -0.140. The molecule has 0 aliphatic rings. The number of nitrogens with one attached hydrogen (secondary N) is 1. The van der Waals surface area contributed by atoms with Crippen LogP contribution in [0.15, 0.2) is 71.6 Å². The number of hydrogen-bond acceptors (Lipinski definition) is 5. The summed E-state index contributed by atoms with van der Waals surface area (Å²) in [7, 11) is -1.32. The number of amides is 2. The molecular weight excluding hydrogens is 585 g/mol. The largest absolute Gasteiger partial charge is 0.497 e. The highest BCUT2D eigenvalue weighted by Gasteiger charge is 2.34. The first-order chi connectivity index (χ1) is 18.5. The van der Waals surface area contributed by atoms with Gasteiger partial charge in [0.15, 0.2) is 0 Å². The fraction of sp³-hybridized carbons (Fsp3) is 0.259. The first-order valence-corrected chi connectivity index (χ1v) is 14.5. The molecule has 8 nitrogen and oxygen atoms in total. The second-order valence-electron chi connectivity index (χ2n) is 8.43. The number of hydrogen-bond donors (Lipinski definition) is 1. The van der Waals surface area contributed by atoms with Gasteiger partial charge in [0.25, 0.3) is 10.0 Å². The molecule has 1 atom stereocenters. The molecular formula is C27H28Cl3N3O5S. The molecule has 0 spiro atoms. The van der Waals surface area contributed by atoms with Gasteiger partial charge in [-0.2, -0.15) is 0 Å². The Bertz CT molecular complexity index is 1410. The van der Waals surface area contributed by atoms with E-state index in [-0.39, 0.29) is 28.6 Å². The molecule has 0 bridgehead atoms. The summed E-state index contributed by atoms with van der Waals surface area (Å²) >= 11 is 18.9. The number of carbonyl (C=O) groups is 2. The van der Waals surface area contributed by atoms with Gasteiger partial charge in [-0.3, -0.25) is 13.9 Å². The summed E-state index contributed by atoms with van der Waals surface area (Å²) in [6, 6.07) is 15.9. The summed E-state index contributed by atoms with van der Waals surface area (Å²) in [5.74, 6) is -0.585. The van der Waals surface area contributed by atoms with E-state index in [1.165, 1.54) is 55.5 Å². The highest BCUT2D eigenvalue weighted by atomic mass is 35.5. The molecule has 0 radical (unpaired) electrons. The summed E-state index contributed by atoms with van der Waals surface area (Å²) in [6.07, 6.45) is 0.260. The van der Waals surface area contributed by atoms with E-state index < -0.39 is 34.4 Å². The molecule has 1 N–H and O–H groups in total. The minimum Gasteiger partial charge on any atom is -0.497 e. The molecule has 0 fully saturated rings. The third-order valence-electron chi connectivity index (χ3n) is 6.04. The van der Waals surface area contributed by atoms with Crippen molar-refractivity contribution < 1.29 is 22.7 Å². The van der Waals surface area contributed by atoms with Gasteiger partial charge >= 0.3 is 0 Å². The van der Waals surface area contributed by atoms with E-state index in [9.17, 15) is 18.0 Å². The van der Waals surface area contributed by atoms with E-state index in [0.717, 1.165) is 4.31 Å². The first-order valence-electron chi connectivity index (χ1n) is 11.9. The fourth-order valence-electron chi connectivity index (χ4n) is 3.97. The minimum absolute atomic E-state index is 0.0601. The van der Waals surface area contributed by atoms with Gasteiger partial charge in [-0.25, -0.2) is 8.42 Å². The van der Waals surface area contributed by atoms with Gasteiger partial charge < -0.3 is 15.0 Å². The summed E-state index contributed by atoms with van der Waals surface area (Å²) in [6.45, 7) is 1.01. The molecule has 2 amide bonds. The average molecular weight is 613 g/mol. The Morgan fingerprint density at radius 1 is 0.974 bits per heavy atom. The predicted octanol–water partition coefficient (Wildman–Crippen LogP) is 5.40. The van der Waals surface area contributed by atoms with Crippen molar-refractivity contribution in [2.75, 3.05) is 25.0 Å². The summed E-state index contributed by atoms with van der Waals surface area (Å²) < 4.78 is 33.8. The lowest BCUT2D eigenvalue weighted by Crippen LogP contribution is -2.51. The van der Waals surface area contributed by atoms with Crippen molar-refractivity contribution in [2.45, 2.75) is 30.8 Å². The number of sulfonamides is 1. The van der Waals surface area contributed by atoms with Crippen LogP contribution in [0.2, 0.25) is 15.1 Å². The SMILES string of the molecule is CCC(C(=O)NC)N(Cc1c(Cl)cccc1Cl)C(=O)CN(c1cccc(Cl)c1)S(=O)(=O)c1ccc(OC)cc1. The van der Waals surface area contributed by atoms with Crippen LogP contribution in [-0.4, -0.2) is 51.9 Å². The van der Waals surface area contributed by atoms with Crippen molar-refractivity contribution in [2.24, 2.45) is 0 Å². The number of ether oxygens (including phenoxy) is 1. The standard InChI is InChI=1S/C27H28Cl3N3O5S/c1-4-25(27(35)31-2)32(16-22-23(29)9-6-10-24(22)30)26(34)17-33(19-8-5-7-18(28)15-19)39(36,37)21-13-11-20(38-3)12-14-21/h5-15,25H,4,16-17H2,1-3H3,(H,31,35). The number of likely N-dealkylation sites (N-methyl/N-ethyl adjacent to an activating group) is 1. The molecule has 0 saturated heterocycles. The van der Waals surface area contributed by atoms with Gasteiger partial charge in [-0.15, -0.1) is 0 Å². The number of carbonyl (C=O) groups excluding carboxylic acids is 2. The van der Waals surface area contributed by atoms with Crippen LogP contribution < -0.4 is 14.4 Å². The lowest BCUT2D eigenvalue weighted by Gasteiger charge is -2.33. The van der Waals surface area contributed by atoms with Crippen molar-refractivity contribution in [1.82, 2.24) is 10.2 Å². The number of halogens is 3. The van der Waals surface area contributed by atoms with Gasteiger partial charge in [-0.1, -0.05) is 53.9 Å². The maximum absolute atomic E-state index is 13.9. The number of anilines is 1. The number of methoxy groups -OCH3 is 1. The number of benzene rings is 3. The van der Waals surface area contributed by atoms with Crippen molar-refractivity contribution in [3.8, 4) is 5.75 Å². The Balaban J connectivity index is 2.10. The maximum Gasteiger partial charge on any atom is 0.264 e. The van der Waals surface area contributed by atoms with Crippen molar-refractivity contribution in [1.29, 1.82) is 0 Å². The van der Waals surface area contributed by atoms with Crippen molar-refractivity contribution in [3.05, 3.63) is 87.4 Å². The zero-order valence-corrected chi connectivity index (χ0v) is 24.6. The Morgan fingerprint density at radius 3 is 2.13 bits per heavy atom. The van der Waals surface area contributed by atoms with Crippen LogP contribution in [0.5, 0.6) is 5.75 Å². The Hall–Kier alpha value is -2.98. The molecule has 12 heteroatoms. The fourth-order valence-corrected chi connectivity index (χ4v) is 6.08. The second-order valence-corrected chi connectivity index (χ2v) is 11.5. The van der Waals surface area contributed by atoms with Gasteiger partial charge in [0.2, 0.25) is 11.8 Å². The van der Waals surface area contributed by atoms with Crippen LogP contribution in [-0.2, 0) is 26.2 Å². The molecule has 1 unspecified atom stereocenters. The molecule has 0 aromatic heterocycles. The monoisotopic (exact) mass is 611 g/mol. The van der Waals surface area contributed by atoms with Crippen LogP contribution in [0.1, 0.15) is 18.9 Å². The molecule has 3 aromatic rings. The quantitative estimate of drug-likeness (QED) is 0.313. The summed E-state index contributed by atoms with van der Waals surface area (Å²) in [4.78, 5) is 28.0. The summed E-state index contributed by atoms with van der Waals surface area (Å²) in [5.41, 5.74) is 0.610. The molecule has 0 saturated carbocycles. The first kappa shape index (κ1) is 30.6. The Kier molecular flexibility index (Phi) is 10.5. The van der Waals surface area contributed by atoms with E-state index in [0.29, 0.717) is 21.4 Å². The molecule has 39 heavy (non-hydrogen) atoms. The van der Waals surface area contributed by atoms with Crippen molar-refractivity contribution >= 4 is 62.3 Å². The molecule has 3 rings (SSSR count). The third kappa shape index (κ3) is 7.16. The van der Waals surface area contributed by atoms with Gasteiger partial charge in [0.05, 0.1) is 17.7 Å². The van der Waals surface area contributed by atoms with Crippen LogP contribution in [0.3, 0.4) is 0 Å². The molecule has 3 aromatic carbocycles. The predicted molar refractivity (Wildman–Crippen MR) is 154 cm³/mol. The van der Waals surface area contributed by atoms with Crippen molar-refractivity contribution in [3.63, 3.8) is 0 Å². The zero-order chi connectivity index (χ0) is 28.7. The molecule has 0 aliphatic heterocycles. The molecule has 0 aliphatic carbocycles. The Morgan fingerprint density at radius 2 is 1.59 bits per heavy atom. The second kappa shape index (κ2) is 13.4. The van der Waals surface area contributed by atoms with E-state index in [2.05, 4.69) is 5.32 Å². The highest BCUT2D eigenvalue weighted by molar-refractivity contribution is 7.92. The average Bonchev–Trinajstić information content (AvgIpc) is 2.92. The zero-order valence-electron chi connectivity index (χ0n) is 21.5. The Labute approximate surface area is 243 Å². The van der Waals surface area contributed by atoms with E-state index >= 15 is 0 Å².